The van der Waals surface area contributed by atoms with Crippen molar-refractivity contribution in [2.24, 2.45) is 4.99 Å². The van der Waals surface area contributed by atoms with Crippen LogP contribution in [0.2, 0.25) is 0 Å². The van der Waals surface area contributed by atoms with Crippen molar-refractivity contribution in [1.82, 2.24) is 5.32 Å². The van der Waals surface area contributed by atoms with Gasteiger partial charge in [0.15, 0.2) is 0 Å². The number of hydrogen-bond donors (Lipinski definition) is 1. The van der Waals surface area contributed by atoms with Crippen molar-refractivity contribution in [1.29, 1.82) is 0 Å². The summed E-state index contributed by atoms with van der Waals surface area (Å²) in [7, 11) is 0. The van der Waals surface area contributed by atoms with E-state index in [4.69, 9.17) is 0 Å². The summed E-state index contributed by atoms with van der Waals surface area (Å²) in [6, 6.07) is 0.588. The Bertz CT molecular complexity index is 155. The first-order valence-electron chi connectivity index (χ1n) is 4.75. The topological polar surface area (TPSA) is 24.4 Å². The Balaban J connectivity index is 2.29. The standard InChI is InChI=1S/C10H18N2/c1-9(11-2)12-10-7-5-3-4-6-8-10/h10,12H,1-8H2. The summed E-state index contributed by atoms with van der Waals surface area (Å²) in [6.07, 6.45) is 7.95. The molecule has 2 heteroatoms. The van der Waals surface area contributed by atoms with Crippen molar-refractivity contribution in [2.75, 3.05) is 0 Å². The fourth-order valence-corrected chi connectivity index (χ4v) is 1.70. The van der Waals surface area contributed by atoms with Crippen LogP contribution in [0.4, 0.5) is 0 Å². The summed E-state index contributed by atoms with van der Waals surface area (Å²) in [5.74, 6) is 0.724. The molecule has 0 amide bonds. The number of rotatable bonds is 3. The maximum atomic E-state index is 3.76. The van der Waals surface area contributed by atoms with E-state index in [1.54, 1.807) is 0 Å². The molecule has 0 atom stereocenters. The zero-order chi connectivity index (χ0) is 8.81. The van der Waals surface area contributed by atoms with Crippen LogP contribution in [-0.4, -0.2) is 12.8 Å². The highest BCUT2D eigenvalue weighted by Gasteiger charge is 2.11. The first-order valence-corrected chi connectivity index (χ1v) is 4.75. The van der Waals surface area contributed by atoms with Crippen LogP contribution in [0.15, 0.2) is 17.4 Å². The molecule has 0 unspecified atom stereocenters. The van der Waals surface area contributed by atoms with Crippen LogP contribution in [0.25, 0.3) is 0 Å². The molecule has 0 spiro atoms. The predicted molar refractivity (Wildman–Crippen MR) is 53.3 cm³/mol. The fraction of sp³-hybridized carbons (Fsp3) is 0.700. The minimum atomic E-state index is 0.588. The van der Waals surface area contributed by atoms with E-state index in [0.29, 0.717) is 6.04 Å². The van der Waals surface area contributed by atoms with Crippen LogP contribution in [0.5, 0.6) is 0 Å². The van der Waals surface area contributed by atoms with Crippen LogP contribution in [0, 0.1) is 0 Å². The number of hydrogen-bond acceptors (Lipinski definition) is 2. The summed E-state index contributed by atoms with van der Waals surface area (Å²) in [6.45, 7) is 7.20. The van der Waals surface area contributed by atoms with E-state index in [0.717, 1.165) is 5.82 Å². The van der Waals surface area contributed by atoms with Crippen LogP contribution in [0.1, 0.15) is 38.5 Å². The van der Waals surface area contributed by atoms with Gasteiger partial charge in [-0.2, -0.15) is 0 Å². The molecule has 0 aromatic rings. The molecule has 0 aliphatic heterocycles. The first kappa shape index (κ1) is 9.30. The summed E-state index contributed by atoms with van der Waals surface area (Å²) in [5, 5.41) is 3.28. The van der Waals surface area contributed by atoms with Crippen molar-refractivity contribution in [3.05, 3.63) is 12.4 Å². The van der Waals surface area contributed by atoms with Gasteiger partial charge >= 0.3 is 0 Å². The van der Waals surface area contributed by atoms with E-state index >= 15 is 0 Å². The van der Waals surface area contributed by atoms with Crippen molar-refractivity contribution in [2.45, 2.75) is 44.6 Å². The van der Waals surface area contributed by atoms with Crippen molar-refractivity contribution < 1.29 is 0 Å². The molecule has 1 N–H and O–H groups in total. The van der Waals surface area contributed by atoms with Gasteiger partial charge in [-0.1, -0.05) is 32.3 Å². The molecule has 12 heavy (non-hydrogen) atoms. The Labute approximate surface area is 74.8 Å². The Morgan fingerprint density at radius 3 is 2.25 bits per heavy atom. The average Bonchev–Trinajstić information content (AvgIpc) is 2.33. The summed E-state index contributed by atoms with van der Waals surface area (Å²) < 4.78 is 0. The highest BCUT2D eigenvalue weighted by Crippen LogP contribution is 2.17. The molecule has 1 fully saturated rings. The number of nitrogens with one attached hydrogen (secondary N) is 1. The van der Waals surface area contributed by atoms with Crippen molar-refractivity contribution in [3.8, 4) is 0 Å². The molecular weight excluding hydrogens is 148 g/mol. The Morgan fingerprint density at radius 2 is 1.75 bits per heavy atom. The lowest BCUT2D eigenvalue weighted by Gasteiger charge is -2.16. The van der Waals surface area contributed by atoms with E-state index in [2.05, 4.69) is 23.6 Å². The molecule has 2 nitrogen and oxygen atoms in total. The SMILES string of the molecule is C=NC(=C)NC1CCCCCC1. The van der Waals surface area contributed by atoms with Gasteiger partial charge in [0.25, 0.3) is 0 Å². The molecular formula is C10H18N2. The number of nitrogens with zero attached hydrogens (tertiary/aromatic N) is 1. The van der Waals surface area contributed by atoms with Gasteiger partial charge in [-0.05, 0) is 19.6 Å². The summed E-state index contributed by atoms with van der Waals surface area (Å²) in [5.41, 5.74) is 0. The van der Waals surface area contributed by atoms with Crippen LogP contribution < -0.4 is 5.32 Å². The van der Waals surface area contributed by atoms with E-state index in [9.17, 15) is 0 Å². The molecule has 0 saturated heterocycles. The van der Waals surface area contributed by atoms with Gasteiger partial charge in [0.1, 0.15) is 5.82 Å². The third kappa shape index (κ3) is 3.07. The minimum absolute atomic E-state index is 0.588. The summed E-state index contributed by atoms with van der Waals surface area (Å²) >= 11 is 0. The molecule has 0 aromatic carbocycles. The Kier molecular flexibility index (Phi) is 3.85. The second-order valence-corrected chi connectivity index (χ2v) is 3.44. The molecule has 1 aliphatic carbocycles. The van der Waals surface area contributed by atoms with Crippen LogP contribution in [0.3, 0.4) is 0 Å². The van der Waals surface area contributed by atoms with Crippen molar-refractivity contribution in [3.63, 3.8) is 0 Å². The van der Waals surface area contributed by atoms with Gasteiger partial charge in [0, 0.05) is 6.04 Å². The van der Waals surface area contributed by atoms with Crippen LogP contribution >= 0.6 is 0 Å². The van der Waals surface area contributed by atoms with E-state index in [1.807, 2.05) is 0 Å². The largest absolute Gasteiger partial charge is 0.368 e. The van der Waals surface area contributed by atoms with Gasteiger partial charge < -0.3 is 5.32 Å². The lowest BCUT2D eigenvalue weighted by Crippen LogP contribution is -2.26. The Morgan fingerprint density at radius 1 is 1.17 bits per heavy atom. The lowest BCUT2D eigenvalue weighted by atomic mass is 10.1. The van der Waals surface area contributed by atoms with Crippen molar-refractivity contribution >= 4 is 6.72 Å². The van der Waals surface area contributed by atoms with Gasteiger partial charge in [-0.15, -0.1) is 0 Å². The monoisotopic (exact) mass is 166 g/mol. The molecule has 1 aliphatic rings. The first-order chi connectivity index (χ1) is 5.83. The van der Waals surface area contributed by atoms with E-state index in [-0.39, 0.29) is 0 Å². The van der Waals surface area contributed by atoms with E-state index in [1.165, 1.54) is 38.5 Å². The number of aliphatic imine (C=N–C) groups is 1. The summed E-state index contributed by atoms with van der Waals surface area (Å²) in [4.78, 5) is 3.76. The molecule has 0 heterocycles. The maximum absolute atomic E-state index is 3.76. The predicted octanol–water partition coefficient (Wildman–Crippen LogP) is 2.47. The lowest BCUT2D eigenvalue weighted by molar-refractivity contribution is 0.501. The molecule has 0 bridgehead atoms. The third-order valence-electron chi connectivity index (χ3n) is 2.42. The maximum Gasteiger partial charge on any atom is 0.118 e. The Hall–Kier alpha value is -0.790. The van der Waals surface area contributed by atoms with Gasteiger partial charge in [-0.3, -0.25) is 0 Å². The third-order valence-corrected chi connectivity index (χ3v) is 2.42. The molecule has 1 rings (SSSR count). The molecule has 68 valence electrons. The van der Waals surface area contributed by atoms with Gasteiger partial charge in [0.2, 0.25) is 0 Å². The molecule has 0 aromatic heterocycles. The highest BCUT2D eigenvalue weighted by molar-refractivity contribution is 5.27. The highest BCUT2D eigenvalue weighted by atomic mass is 15.0. The fourth-order valence-electron chi connectivity index (χ4n) is 1.70. The molecule has 0 radical (unpaired) electrons. The van der Waals surface area contributed by atoms with Gasteiger partial charge in [-0.25, -0.2) is 4.99 Å². The molecule has 1 saturated carbocycles. The second kappa shape index (κ2) is 4.96. The normalized spacial score (nSPS) is 19.7. The van der Waals surface area contributed by atoms with Crippen LogP contribution in [-0.2, 0) is 0 Å². The quantitative estimate of drug-likeness (QED) is 0.505. The minimum Gasteiger partial charge on any atom is -0.368 e. The average molecular weight is 166 g/mol. The smallest absolute Gasteiger partial charge is 0.118 e. The zero-order valence-corrected chi connectivity index (χ0v) is 7.68. The van der Waals surface area contributed by atoms with Gasteiger partial charge in [0.05, 0.1) is 0 Å². The second-order valence-electron chi connectivity index (χ2n) is 3.44. The van der Waals surface area contributed by atoms with E-state index < -0.39 is 0 Å². The zero-order valence-electron chi connectivity index (χ0n) is 7.68.